The highest BCUT2D eigenvalue weighted by Crippen LogP contribution is 2.49. The average molecular weight is 285 g/mol. The van der Waals surface area contributed by atoms with E-state index < -0.39 is 0 Å². The molecule has 124 valence electrons. The fourth-order valence-electron chi connectivity index (χ4n) is 4.34. The van der Waals surface area contributed by atoms with Crippen LogP contribution in [0.15, 0.2) is 0 Å². The molecule has 0 aromatic heterocycles. The lowest BCUT2D eigenvalue weighted by Gasteiger charge is -2.46. The standard InChI is InChI=1S/C17H32.3CH4/c1-13-5-9-15(10-6-13)17(3,4)16-11-7-14(2)8-12-16;;;/h13-16H,5-12H2,1-4H3;3*1H4. The summed E-state index contributed by atoms with van der Waals surface area (Å²) in [7, 11) is 0. The lowest BCUT2D eigenvalue weighted by molar-refractivity contribution is 0.0421. The third-order valence-electron chi connectivity index (χ3n) is 6.14. The third-order valence-corrected chi connectivity index (χ3v) is 6.14. The summed E-state index contributed by atoms with van der Waals surface area (Å²) in [6.45, 7) is 10.0. The Kier molecular flexibility index (Phi) is 10.1. The molecule has 0 N–H and O–H groups in total. The van der Waals surface area contributed by atoms with Crippen LogP contribution in [0.25, 0.3) is 0 Å². The van der Waals surface area contributed by atoms with E-state index in [1.54, 1.807) is 0 Å². The Labute approximate surface area is 131 Å². The molecule has 0 saturated heterocycles. The molecule has 0 amide bonds. The van der Waals surface area contributed by atoms with Crippen LogP contribution in [0, 0.1) is 29.1 Å². The van der Waals surface area contributed by atoms with Crippen LogP contribution in [0.2, 0.25) is 0 Å². The lowest BCUT2D eigenvalue weighted by atomic mass is 9.59. The van der Waals surface area contributed by atoms with E-state index in [0.29, 0.717) is 5.41 Å². The molecule has 2 rings (SSSR count). The summed E-state index contributed by atoms with van der Waals surface area (Å²) in [5, 5.41) is 0. The quantitative estimate of drug-likeness (QED) is 0.490. The minimum Gasteiger partial charge on any atom is -0.0776 e. The summed E-state index contributed by atoms with van der Waals surface area (Å²) < 4.78 is 0. The van der Waals surface area contributed by atoms with Crippen molar-refractivity contribution in [3.63, 3.8) is 0 Å². The molecule has 0 unspecified atom stereocenters. The van der Waals surface area contributed by atoms with Crippen LogP contribution >= 0.6 is 0 Å². The number of hydrogen-bond acceptors (Lipinski definition) is 0. The average Bonchev–Trinajstić information content (AvgIpc) is 2.30. The van der Waals surface area contributed by atoms with Crippen molar-refractivity contribution < 1.29 is 0 Å². The SMILES string of the molecule is C.C.C.CC1CCC(C(C)(C)C2CCC(C)CC2)CC1. The second kappa shape index (κ2) is 9.11. The molecule has 0 aromatic carbocycles. The summed E-state index contributed by atoms with van der Waals surface area (Å²) >= 11 is 0. The molecule has 20 heavy (non-hydrogen) atoms. The molecular formula is C20H44. The lowest BCUT2D eigenvalue weighted by Crippen LogP contribution is -2.36. The normalized spacial score (nSPS) is 34.2. The molecule has 0 nitrogen and oxygen atoms in total. The van der Waals surface area contributed by atoms with Crippen LogP contribution in [0.4, 0.5) is 0 Å². The maximum Gasteiger partial charge on any atom is -0.0298 e. The highest BCUT2D eigenvalue weighted by Gasteiger charge is 2.39. The van der Waals surface area contributed by atoms with Gasteiger partial charge in [0.15, 0.2) is 0 Å². The van der Waals surface area contributed by atoms with E-state index in [-0.39, 0.29) is 22.3 Å². The van der Waals surface area contributed by atoms with Crippen molar-refractivity contribution in [2.24, 2.45) is 29.1 Å². The van der Waals surface area contributed by atoms with E-state index in [0.717, 1.165) is 23.7 Å². The van der Waals surface area contributed by atoms with Crippen LogP contribution < -0.4 is 0 Å². The smallest absolute Gasteiger partial charge is 0.0298 e. The van der Waals surface area contributed by atoms with Gasteiger partial charge in [-0.1, -0.05) is 75.7 Å². The highest BCUT2D eigenvalue weighted by molar-refractivity contribution is 4.89. The Bertz CT molecular complexity index is 200. The second-order valence-electron chi connectivity index (χ2n) is 7.73. The van der Waals surface area contributed by atoms with Crippen molar-refractivity contribution in [2.75, 3.05) is 0 Å². The first-order valence-electron chi connectivity index (χ1n) is 8.00. The van der Waals surface area contributed by atoms with Gasteiger partial charge in [0.25, 0.3) is 0 Å². The van der Waals surface area contributed by atoms with E-state index >= 15 is 0 Å². The van der Waals surface area contributed by atoms with Gasteiger partial charge in [0.1, 0.15) is 0 Å². The molecule has 0 radical (unpaired) electrons. The first-order chi connectivity index (χ1) is 8.00. The molecule has 2 saturated carbocycles. The van der Waals surface area contributed by atoms with Gasteiger partial charge in [-0.05, 0) is 54.8 Å². The highest BCUT2D eigenvalue weighted by atomic mass is 14.4. The Hall–Kier alpha value is 0. The minimum atomic E-state index is 0. The van der Waals surface area contributed by atoms with Crippen LogP contribution in [0.1, 0.15) is 101 Å². The fourth-order valence-corrected chi connectivity index (χ4v) is 4.34. The zero-order valence-electron chi connectivity index (χ0n) is 12.5. The van der Waals surface area contributed by atoms with Crippen molar-refractivity contribution in [3.8, 4) is 0 Å². The Balaban J connectivity index is 0. The van der Waals surface area contributed by atoms with Crippen molar-refractivity contribution in [1.29, 1.82) is 0 Å². The zero-order valence-corrected chi connectivity index (χ0v) is 12.5. The zero-order chi connectivity index (χ0) is 12.5. The van der Waals surface area contributed by atoms with Gasteiger partial charge in [-0.2, -0.15) is 0 Å². The number of hydrogen-bond donors (Lipinski definition) is 0. The van der Waals surface area contributed by atoms with Crippen molar-refractivity contribution >= 4 is 0 Å². The monoisotopic (exact) mass is 284 g/mol. The summed E-state index contributed by atoms with van der Waals surface area (Å²) in [4.78, 5) is 0. The molecule has 2 aliphatic rings. The fraction of sp³-hybridized carbons (Fsp3) is 1.00. The van der Waals surface area contributed by atoms with E-state index in [4.69, 9.17) is 0 Å². The maximum atomic E-state index is 2.58. The van der Waals surface area contributed by atoms with Crippen molar-refractivity contribution in [2.45, 2.75) is 101 Å². The van der Waals surface area contributed by atoms with Gasteiger partial charge in [0.2, 0.25) is 0 Å². The van der Waals surface area contributed by atoms with Crippen LogP contribution in [-0.2, 0) is 0 Å². The Morgan fingerprint density at radius 3 is 1.05 bits per heavy atom. The summed E-state index contributed by atoms with van der Waals surface area (Å²) in [5.41, 5.74) is 0.611. The van der Waals surface area contributed by atoms with Crippen LogP contribution in [0.3, 0.4) is 0 Å². The molecule has 2 aliphatic carbocycles. The Morgan fingerprint density at radius 2 is 0.800 bits per heavy atom. The second-order valence-corrected chi connectivity index (χ2v) is 7.73. The van der Waals surface area contributed by atoms with Crippen molar-refractivity contribution in [3.05, 3.63) is 0 Å². The molecule has 0 heterocycles. The molecule has 0 aliphatic heterocycles. The van der Waals surface area contributed by atoms with Gasteiger partial charge < -0.3 is 0 Å². The summed E-state index contributed by atoms with van der Waals surface area (Å²) in [6.07, 6.45) is 11.9. The first kappa shape index (κ1) is 22.3. The summed E-state index contributed by atoms with van der Waals surface area (Å²) in [6, 6.07) is 0. The van der Waals surface area contributed by atoms with E-state index in [2.05, 4.69) is 27.7 Å². The van der Waals surface area contributed by atoms with Gasteiger partial charge >= 0.3 is 0 Å². The first-order valence-corrected chi connectivity index (χ1v) is 8.00. The van der Waals surface area contributed by atoms with Crippen molar-refractivity contribution in [1.82, 2.24) is 0 Å². The molecule has 0 spiro atoms. The van der Waals surface area contributed by atoms with Gasteiger partial charge in [-0.3, -0.25) is 0 Å². The van der Waals surface area contributed by atoms with Crippen LogP contribution in [0.5, 0.6) is 0 Å². The maximum absolute atomic E-state index is 2.58. The molecule has 0 aromatic rings. The largest absolute Gasteiger partial charge is 0.0776 e. The van der Waals surface area contributed by atoms with E-state index in [1.807, 2.05) is 0 Å². The number of rotatable bonds is 2. The molecular weight excluding hydrogens is 240 g/mol. The topological polar surface area (TPSA) is 0 Å². The van der Waals surface area contributed by atoms with Gasteiger partial charge in [0, 0.05) is 0 Å². The van der Waals surface area contributed by atoms with Gasteiger partial charge in [-0.25, -0.2) is 0 Å². The van der Waals surface area contributed by atoms with Crippen LogP contribution in [-0.4, -0.2) is 0 Å². The van der Waals surface area contributed by atoms with Gasteiger partial charge in [0.05, 0.1) is 0 Å². The molecule has 0 bridgehead atoms. The molecule has 2 fully saturated rings. The predicted octanol–water partition coefficient (Wildman–Crippen LogP) is 7.57. The van der Waals surface area contributed by atoms with Gasteiger partial charge in [-0.15, -0.1) is 0 Å². The third kappa shape index (κ3) is 5.08. The summed E-state index contributed by atoms with van der Waals surface area (Å²) in [5.74, 6) is 4.01. The molecule has 0 heteroatoms. The Morgan fingerprint density at radius 1 is 0.550 bits per heavy atom. The molecule has 0 atom stereocenters. The minimum absolute atomic E-state index is 0. The predicted molar refractivity (Wildman–Crippen MR) is 96.2 cm³/mol. The van der Waals surface area contributed by atoms with E-state index in [1.165, 1.54) is 51.4 Å². The van der Waals surface area contributed by atoms with E-state index in [9.17, 15) is 0 Å².